The summed E-state index contributed by atoms with van der Waals surface area (Å²) in [4.78, 5) is 15.9. The van der Waals surface area contributed by atoms with Gasteiger partial charge in [-0.25, -0.2) is 0 Å². The van der Waals surface area contributed by atoms with Crippen molar-refractivity contribution in [2.45, 2.75) is 39.2 Å². The Hall–Kier alpha value is -3.58. The fourth-order valence-electron chi connectivity index (χ4n) is 4.16. The quantitative estimate of drug-likeness (QED) is 0.503. The van der Waals surface area contributed by atoms with Gasteiger partial charge in [0.2, 0.25) is 5.82 Å². The minimum Gasteiger partial charge on any atom is -0.490 e. The Morgan fingerprint density at radius 1 is 1.24 bits per heavy atom. The highest BCUT2D eigenvalue weighted by Gasteiger charge is 2.20. The highest BCUT2D eigenvalue weighted by atomic mass is 16.5. The number of aldehydes is 1. The van der Waals surface area contributed by atoms with Crippen LogP contribution < -0.4 is 15.8 Å². The molecule has 2 heterocycles. The van der Waals surface area contributed by atoms with E-state index in [0.717, 1.165) is 31.5 Å². The number of rotatable bonds is 5. The van der Waals surface area contributed by atoms with Crippen molar-refractivity contribution in [2.24, 2.45) is 5.73 Å². The molecule has 3 aromatic rings. The Labute approximate surface area is 218 Å². The molecule has 2 aromatic carbocycles. The second kappa shape index (κ2) is 14.2. The van der Waals surface area contributed by atoms with Crippen LogP contribution in [0.5, 0.6) is 5.75 Å². The van der Waals surface area contributed by atoms with E-state index in [1.165, 1.54) is 30.6 Å². The fourth-order valence-corrected chi connectivity index (χ4v) is 4.16. The number of nitriles is 1. The molecule has 0 bridgehead atoms. The molecule has 5 rings (SSSR count). The van der Waals surface area contributed by atoms with Crippen LogP contribution in [-0.2, 0) is 17.6 Å². The van der Waals surface area contributed by atoms with Crippen LogP contribution in [-0.4, -0.2) is 67.2 Å². The molecule has 9 heteroatoms. The van der Waals surface area contributed by atoms with Crippen LogP contribution in [0.15, 0.2) is 40.9 Å². The maximum atomic E-state index is 9.40. The van der Waals surface area contributed by atoms with Gasteiger partial charge < -0.3 is 30.0 Å². The smallest absolute Gasteiger partial charge is 0.258 e. The Morgan fingerprint density at radius 3 is 2.62 bits per heavy atom. The van der Waals surface area contributed by atoms with E-state index in [-0.39, 0.29) is 12.6 Å². The molecule has 3 N–H and O–H groups in total. The first kappa shape index (κ1) is 28.0. The van der Waals surface area contributed by atoms with E-state index in [0.29, 0.717) is 34.9 Å². The van der Waals surface area contributed by atoms with Crippen LogP contribution in [0.2, 0.25) is 0 Å². The molecule has 0 unspecified atom stereocenters. The van der Waals surface area contributed by atoms with Gasteiger partial charge in [-0.1, -0.05) is 23.4 Å². The minimum absolute atomic E-state index is 0.00290. The Morgan fingerprint density at radius 2 is 2.00 bits per heavy atom. The summed E-state index contributed by atoms with van der Waals surface area (Å²) in [5.74, 6) is 1.56. The first-order valence-electron chi connectivity index (χ1n) is 12.7. The first-order valence-corrected chi connectivity index (χ1v) is 12.7. The Balaban J connectivity index is 0.000000289. The van der Waals surface area contributed by atoms with Gasteiger partial charge in [0.1, 0.15) is 18.1 Å². The molecule has 0 saturated carbocycles. The van der Waals surface area contributed by atoms with Crippen LogP contribution in [0, 0.1) is 11.3 Å². The van der Waals surface area contributed by atoms with E-state index in [4.69, 9.17) is 14.1 Å². The summed E-state index contributed by atoms with van der Waals surface area (Å²) in [6.07, 6.45) is 3.98. The van der Waals surface area contributed by atoms with Gasteiger partial charge in [-0.05, 0) is 69.5 Å². The van der Waals surface area contributed by atoms with Gasteiger partial charge in [-0.15, -0.1) is 0 Å². The SMILES string of the molecule is CC(C)Oc1ccc(-c2nc(-c3cccc4c3CCC4)no2)cc1C#N.CN1CCNCC1.NCC=O. The van der Waals surface area contributed by atoms with E-state index < -0.39 is 0 Å². The molecule has 1 saturated heterocycles. The number of nitrogens with zero attached hydrogens (tertiary/aromatic N) is 4. The fraction of sp³-hybridized carbons (Fsp3) is 0.429. The number of aryl methyl sites for hydroxylation is 1. The molecule has 0 amide bonds. The van der Waals surface area contributed by atoms with Crippen molar-refractivity contribution in [3.05, 3.63) is 53.1 Å². The zero-order chi connectivity index (χ0) is 26.6. The predicted octanol–water partition coefficient (Wildman–Crippen LogP) is 3.22. The monoisotopic (exact) mass is 504 g/mol. The average Bonchev–Trinajstić information content (AvgIpc) is 3.60. The van der Waals surface area contributed by atoms with Crippen molar-refractivity contribution in [3.63, 3.8) is 0 Å². The molecule has 0 spiro atoms. The van der Waals surface area contributed by atoms with Gasteiger partial charge in [-0.3, -0.25) is 0 Å². The third-order valence-electron chi connectivity index (χ3n) is 5.96. The topological polar surface area (TPSA) is 130 Å². The van der Waals surface area contributed by atoms with Crippen LogP contribution in [0.3, 0.4) is 0 Å². The van der Waals surface area contributed by atoms with Crippen molar-refractivity contribution < 1.29 is 14.1 Å². The molecule has 1 aliphatic heterocycles. The molecule has 196 valence electrons. The van der Waals surface area contributed by atoms with Gasteiger partial charge >= 0.3 is 0 Å². The Bertz CT molecular complexity index is 1190. The number of nitrogens with two attached hydrogens (primary N) is 1. The minimum atomic E-state index is 0.00290. The molecule has 1 aliphatic carbocycles. The second-order valence-electron chi connectivity index (χ2n) is 9.16. The van der Waals surface area contributed by atoms with Gasteiger partial charge in [0.05, 0.1) is 11.7 Å². The van der Waals surface area contributed by atoms with Gasteiger partial charge in [0.25, 0.3) is 5.89 Å². The van der Waals surface area contributed by atoms with Crippen LogP contribution in [0.4, 0.5) is 0 Å². The van der Waals surface area contributed by atoms with E-state index in [9.17, 15) is 5.26 Å². The largest absolute Gasteiger partial charge is 0.490 e. The van der Waals surface area contributed by atoms with E-state index >= 15 is 0 Å². The van der Waals surface area contributed by atoms with Crippen molar-refractivity contribution in [2.75, 3.05) is 39.8 Å². The third kappa shape index (κ3) is 7.95. The lowest BCUT2D eigenvalue weighted by Gasteiger charge is -2.21. The second-order valence-corrected chi connectivity index (χ2v) is 9.16. The molecule has 9 nitrogen and oxygen atoms in total. The number of carbonyl (C=O) groups is 1. The summed E-state index contributed by atoms with van der Waals surface area (Å²) in [6, 6.07) is 13.8. The maximum absolute atomic E-state index is 9.40. The van der Waals surface area contributed by atoms with Crippen LogP contribution in [0.25, 0.3) is 22.8 Å². The number of hydrogen-bond acceptors (Lipinski definition) is 9. The highest BCUT2D eigenvalue weighted by molar-refractivity contribution is 5.66. The number of aromatic nitrogens is 2. The summed E-state index contributed by atoms with van der Waals surface area (Å²) in [7, 11) is 2.15. The van der Waals surface area contributed by atoms with Gasteiger partial charge in [0, 0.05) is 43.9 Å². The lowest BCUT2D eigenvalue weighted by atomic mass is 10.0. The standard InChI is InChI=1S/C21H19N3O2.C5H12N2.C2H5NO/c1-13(2)25-19-10-9-15(11-16(19)12-22)21-23-20(24-26-21)18-8-4-6-14-5-3-7-17(14)18;1-7-4-2-6-3-5-7;3-1-2-4/h4,6,8-11,13H,3,5,7H2,1-2H3;6H,2-5H2,1H3;2H,1,3H2. The molecule has 1 fully saturated rings. The summed E-state index contributed by atoms with van der Waals surface area (Å²) in [6.45, 7) is 8.74. The van der Waals surface area contributed by atoms with Crippen molar-refractivity contribution >= 4 is 6.29 Å². The molecular formula is C28H36N6O3. The van der Waals surface area contributed by atoms with Crippen molar-refractivity contribution in [1.82, 2.24) is 20.4 Å². The van der Waals surface area contributed by atoms with Gasteiger partial charge in [-0.2, -0.15) is 10.2 Å². The summed E-state index contributed by atoms with van der Waals surface area (Å²) < 4.78 is 11.1. The molecule has 0 atom stereocenters. The normalized spacial score (nSPS) is 14.5. The number of nitrogens with one attached hydrogen (secondary N) is 1. The van der Waals surface area contributed by atoms with Gasteiger partial charge in [0.15, 0.2) is 0 Å². The number of benzene rings is 2. The zero-order valence-corrected chi connectivity index (χ0v) is 21.9. The zero-order valence-electron chi connectivity index (χ0n) is 21.9. The first-order chi connectivity index (χ1) is 18.0. The lowest BCUT2D eigenvalue weighted by Crippen LogP contribution is -2.40. The number of piperazine rings is 1. The number of likely N-dealkylation sites (N-methyl/N-ethyl adjacent to an activating group) is 1. The summed E-state index contributed by atoms with van der Waals surface area (Å²) >= 11 is 0. The Kier molecular flexibility index (Phi) is 10.8. The van der Waals surface area contributed by atoms with Crippen molar-refractivity contribution in [1.29, 1.82) is 5.26 Å². The number of carbonyl (C=O) groups excluding carboxylic acids is 1. The lowest BCUT2D eigenvalue weighted by molar-refractivity contribution is -0.106. The van der Waals surface area contributed by atoms with Crippen LogP contribution >= 0.6 is 0 Å². The highest BCUT2D eigenvalue weighted by Crippen LogP contribution is 2.32. The predicted molar refractivity (Wildman–Crippen MR) is 143 cm³/mol. The molecule has 1 aromatic heterocycles. The number of fused-ring (bicyclic) bond motifs is 1. The number of ether oxygens (including phenoxy) is 1. The maximum Gasteiger partial charge on any atom is 0.258 e. The molecule has 37 heavy (non-hydrogen) atoms. The van der Waals surface area contributed by atoms with E-state index in [2.05, 4.69) is 45.3 Å². The van der Waals surface area contributed by atoms with E-state index in [1.807, 2.05) is 32.0 Å². The van der Waals surface area contributed by atoms with E-state index in [1.54, 1.807) is 12.1 Å². The molecule has 0 radical (unpaired) electrons. The summed E-state index contributed by atoms with van der Waals surface area (Å²) in [5, 5.41) is 16.8. The third-order valence-corrected chi connectivity index (χ3v) is 5.96. The van der Waals surface area contributed by atoms with Crippen LogP contribution in [0.1, 0.15) is 37.0 Å². The molecular weight excluding hydrogens is 468 g/mol. The average molecular weight is 505 g/mol. The summed E-state index contributed by atoms with van der Waals surface area (Å²) in [5.41, 5.74) is 9.55. The van der Waals surface area contributed by atoms with Crippen molar-refractivity contribution in [3.8, 4) is 34.7 Å². The number of hydrogen-bond donors (Lipinski definition) is 2. The molecule has 2 aliphatic rings.